The molecule has 1 aromatic carbocycles. The molecule has 1 unspecified atom stereocenters. The lowest BCUT2D eigenvalue weighted by Gasteiger charge is -2.35. The van der Waals surface area contributed by atoms with E-state index < -0.39 is 52.8 Å². The molecule has 4 rings (SSSR count). The molecule has 1 aliphatic heterocycles. The Kier molecular flexibility index (Phi) is 7.08. The minimum absolute atomic E-state index is 0.116. The molecule has 10 nitrogen and oxygen atoms in total. The first kappa shape index (κ1) is 24.9. The van der Waals surface area contributed by atoms with Crippen molar-refractivity contribution in [1.82, 2.24) is 15.2 Å². The van der Waals surface area contributed by atoms with Crippen molar-refractivity contribution in [1.29, 1.82) is 0 Å². The molecule has 13 heteroatoms. The molecule has 2 aromatic heterocycles. The zero-order chi connectivity index (χ0) is 26.0. The van der Waals surface area contributed by atoms with Crippen LogP contribution in [0.1, 0.15) is 36.0 Å². The number of benzene rings is 1. The summed E-state index contributed by atoms with van der Waals surface area (Å²) in [5.41, 5.74) is 0.732. The number of pyridine rings is 1. The molecule has 0 aliphatic carbocycles. The quantitative estimate of drug-likeness (QED) is 0.406. The highest BCUT2D eigenvalue weighted by Gasteiger charge is 2.29. The highest BCUT2D eigenvalue weighted by molar-refractivity contribution is 6.01. The second kappa shape index (κ2) is 10.2. The van der Waals surface area contributed by atoms with Crippen LogP contribution in [0.2, 0.25) is 0 Å². The van der Waals surface area contributed by atoms with Crippen LogP contribution in [-0.2, 0) is 4.79 Å². The number of nitrogens with one attached hydrogen (secondary N) is 2. The number of anilines is 4. The standard InChI is InChI=1S/C23H23F3N6O4/c1-11-7-14(10-27-19(11)32-5-3-13(4-6-32)12(2)22(34)35)28-20(33)21-30-31-23(36-21)29-18-9-16(25)15(24)8-17(18)26/h7-10,12-13H,3-6H2,1-2H3,(H,28,33)(H,29,31)(H,34,35). The van der Waals surface area contributed by atoms with Crippen LogP contribution in [-0.4, -0.2) is 45.3 Å². The van der Waals surface area contributed by atoms with Gasteiger partial charge in [0.1, 0.15) is 11.6 Å². The van der Waals surface area contributed by atoms with E-state index in [0.717, 1.165) is 24.2 Å². The summed E-state index contributed by atoms with van der Waals surface area (Å²) < 4.78 is 45.4. The van der Waals surface area contributed by atoms with Gasteiger partial charge in [-0.05, 0) is 37.3 Å². The first-order valence-electron chi connectivity index (χ1n) is 11.1. The van der Waals surface area contributed by atoms with Crippen LogP contribution in [0, 0.1) is 36.2 Å². The predicted molar refractivity (Wildman–Crippen MR) is 123 cm³/mol. The molecule has 0 radical (unpaired) electrons. The predicted octanol–water partition coefficient (Wildman–Crippen LogP) is 4.12. The van der Waals surface area contributed by atoms with Gasteiger partial charge in [0.15, 0.2) is 11.6 Å². The molecule has 3 N–H and O–H groups in total. The Balaban J connectivity index is 1.38. The van der Waals surface area contributed by atoms with Crippen molar-refractivity contribution in [3.05, 3.63) is 53.3 Å². The molecule has 1 atom stereocenters. The average Bonchev–Trinajstić information content (AvgIpc) is 3.31. The number of piperidine rings is 1. The number of aliphatic carboxylic acids is 1. The van der Waals surface area contributed by atoms with E-state index in [1.54, 1.807) is 13.0 Å². The molecule has 190 valence electrons. The number of hydrogen-bond acceptors (Lipinski definition) is 8. The van der Waals surface area contributed by atoms with Gasteiger partial charge >= 0.3 is 23.8 Å². The molecule has 3 heterocycles. The van der Waals surface area contributed by atoms with Crippen molar-refractivity contribution in [2.45, 2.75) is 26.7 Å². The largest absolute Gasteiger partial charge is 0.481 e. The maximum atomic E-state index is 13.8. The molecule has 1 fully saturated rings. The van der Waals surface area contributed by atoms with Crippen molar-refractivity contribution in [2.75, 3.05) is 28.6 Å². The van der Waals surface area contributed by atoms with Gasteiger partial charge in [0.25, 0.3) is 0 Å². The third-order valence-electron chi connectivity index (χ3n) is 6.12. The summed E-state index contributed by atoms with van der Waals surface area (Å²) in [7, 11) is 0. The summed E-state index contributed by atoms with van der Waals surface area (Å²) in [6.45, 7) is 4.93. The molecule has 1 amide bonds. The normalized spacial score (nSPS) is 15.0. The van der Waals surface area contributed by atoms with Gasteiger partial charge in [-0.25, -0.2) is 18.2 Å². The van der Waals surface area contributed by atoms with Crippen molar-refractivity contribution >= 4 is 35.1 Å². The molecular weight excluding hydrogens is 481 g/mol. The van der Waals surface area contributed by atoms with Crippen LogP contribution < -0.4 is 15.5 Å². The second-order valence-electron chi connectivity index (χ2n) is 8.55. The van der Waals surface area contributed by atoms with Gasteiger partial charge in [0, 0.05) is 25.2 Å². The van der Waals surface area contributed by atoms with E-state index in [4.69, 9.17) is 4.42 Å². The molecule has 3 aromatic rings. The topological polar surface area (TPSA) is 133 Å². The molecule has 0 spiro atoms. The van der Waals surface area contributed by atoms with E-state index in [9.17, 15) is 27.9 Å². The summed E-state index contributed by atoms with van der Waals surface area (Å²) in [6, 6.07) is 2.27. The van der Waals surface area contributed by atoms with Gasteiger partial charge in [0.2, 0.25) is 0 Å². The summed E-state index contributed by atoms with van der Waals surface area (Å²) in [6.07, 6.45) is 2.96. The summed E-state index contributed by atoms with van der Waals surface area (Å²) in [5, 5.41) is 21.2. The lowest BCUT2D eigenvalue weighted by atomic mass is 9.85. The van der Waals surface area contributed by atoms with Gasteiger partial charge in [-0.15, -0.1) is 5.10 Å². The summed E-state index contributed by atoms with van der Waals surface area (Å²) in [4.78, 5) is 30.3. The molecule has 36 heavy (non-hydrogen) atoms. The molecule has 0 bridgehead atoms. The van der Waals surface area contributed by atoms with Crippen LogP contribution >= 0.6 is 0 Å². The van der Waals surface area contributed by atoms with Crippen LogP contribution in [0.5, 0.6) is 0 Å². The van der Waals surface area contributed by atoms with Crippen LogP contribution in [0.3, 0.4) is 0 Å². The van der Waals surface area contributed by atoms with E-state index in [2.05, 4.69) is 30.7 Å². The monoisotopic (exact) mass is 504 g/mol. The number of amides is 1. The number of hydrogen-bond donors (Lipinski definition) is 3. The van der Waals surface area contributed by atoms with Crippen LogP contribution in [0.15, 0.2) is 28.8 Å². The fourth-order valence-corrected chi connectivity index (χ4v) is 4.06. The van der Waals surface area contributed by atoms with Crippen LogP contribution in [0.4, 0.5) is 36.4 Å². The SMILES string of the molecule is Cc1cc(NC(=O)c2nnc(Nc3cc(F)c(F)cc3F)o2)cnc1N1CCC(C(C)C(=O)O)CC1. The Labute approximate surface area is 203 Å². The van der Waals surface area contributed by atoms with E-state index >= 15 is 0 Å². The molecule has 1 saturated heterocycles. The zero-order valence-corrected chi connectivity index (χ0v) is 19.4. The Morgan fingerprint density at radius 3 is 2.47 bits per heavy atom. The van der Waals surface area contributed by atoms with E-state index in [-0.39, 0.29) is 5.92 Å². The van der Waals surface area contributed by atoms with E-state index in [0.29, 0.717) is 30.9 Å². The third-order valence-corrected chi connectivity index (χ3v) is 6.12. The van der Waals surface area contributed by atoms with Crippen molar-refractivity contribution in [2.24, 2.45) is 11.8 Å². The van der Waals surface area contributed by atoms with E-state index in [1.807, 2.05) is 6.92 Å². The third kappa shape index (κ3) is 5.39. The van der Waals surface area contributed by atoms with Crippen molar-refractivity contribution < 1.29 is 32.3 Å². The number of carboxylic acids is 1. The number of nitrogens with zero attached hydrogens (tertiary/aromatic N) is 4. The fourth-order valence-electron chi connectivity index (χ4n) is 4.06. The highest BCUT2D eigenvalue weighted by Crippen LogP contribution is 2.30. The van der Waals surface area contributed by atoms with Crippen LogP contribution in [0.25, 0.3) is 0 Å². The smallest absolute Gasteiger partial charge is 0.320 e. The summed E-state index contributed by atoms with van der Waals surface area (Å²) in [5.74, 6) is -5.23. The highest BCUT2D eigenvalue weighted by atomic mass is 19.2. The number of aryl methyl sites for hydroxylation is 1. The lowest BCUT2D eigenvalue weighted by Crippen LogP contribution is -2.38. The maximum Gasteiger partial charge on any atom is 0.320 e. The molecule has 0 saturated carbocycles. The Bertz CT molecular complexity index is 1290. The van der Waals surface area contributed by atoms with E-state index in [1.165, 1.54) is 6.20 Å². The first-order chi connectivity index (χ1) is 17.1. The first-order valence-corrected chi connectivity index (χ1v) is 11.1. The Hall–Kier alpha value is -4.16. The Morgan fingerprint density at radius 1 is 1.11 bits per heavy atom. The second-order valence-corrected chi connectivity index (χ2v) is 8.55. The lowest BCUT2D eigenvalue weighted by molar-refractivity contribution is -0.143. The Morgan fingerprint density at radius 2 is 1.81 bits per heavy atom. The minimum Gasteiger partial charge on any atom is -0.481 e. The number of halogens is 3. The average molecular weight is 504 g/mol. The maximum absolute atomic E-state index is 13.8. The van der Waals surface area contributed by atoms with Crippen molar-refractivity contribution in [3.8, 4) is 0 Å². The van der Waals surface area contributed by atoms with Gasteiger partial charge < -0.3 is 25.1 Å². The number of carboxylic acid groups (broad SMARTS) is 1. The van der Waals surface area contributed by atoms with Gasteiger partial charge in [0.05, 0.1) is 23.5 Å². The molecular formula is C23H23F3N6O4. The number of aromatic nitrogens is 3. The number of rotatable bonds is 7. The fraction of sp³-hybridized carbons (Fsp3) is 0.348. The van der Waals surface area contributed by atoms with Gasteiger partial charge in [-0.3, -0.25) is 9.59 Å². The molecule has 1 aliphatic rings. The zero-order valence-electron chi connectivity index (χ0n) is 19.4. The van der Waals surface area contributed by atoms with Gasteiger partial charge in [-0.1, -0.05) is 12.0 Å². The summed E-state index contributed by atoms with van der Waals surface area (Å²) >= 11 is 0. The number of carbonyl (C=O) groups excluding carboxylic acids is 1. The minimum atomic E-state index is -1.35. The van der Waals surface area contributed by atoms with Gasteiger partial charge in [-0.2, -0.15) is 0 Å². The number of carbonyl (C=O) groups is 2. The van der Waals surface area contributed by atoms with Crippen molar-refractivity contribution in [3.63, 3.8) is 0 Å².